The first-order valence-corrected chi connectivity index (χ1v) is 4.75. The lowest BCUT2D eigenvalue weighted by Gasteiger charge is -2.09. The predicted octanol–water partition coefficient (Wildman–Crippen LogP) is 1.67. The van der Waals surface area contributed by atoms with Gasteiger partial charge in [-0.25, -0.2) is 0 Å². The molecule has 2 N–H and O–H groups in total. The molecule has 0 saturated carbocycles. The molecular weight excluding hydrogens is 218 g/mol. The molecule has 5 heteroatoms. The van der Waals surface area contributed by atoms with Crippen molar-refractivity contribution >= 4 is 23.2 Å². The average molecular weight is 230 g/mol. The molecule has 1 unspecified atom stereocenters. The van der Waals surface area contributed by atoms with Gasteiger partial charge in [-0.2, -0.15) is 0 Å². The molecular formula is C10H12ClNO3. The van der Waals surface area contributed by atoms with Gasteiger partial charge in [0.2, 0.25) is 0 Å². The van der Waals surface area contributed by atoms with E-state index >= 15 is 0 Å². The van der Waals surface area contributed by atoms with Gasteiger partial charge in [0, 0.05) is 5.69 Å². The lowest BCUT2D eigenvalue weighted by atomic mass is 10.3. The van der Waals surface area contributed by atoms with E-state index in [4.69, 9.17) is 21.4 Å². The summed E-state index contributed by atoms with van der Waals surface area (Å²) < 4.78 is 4.96. The molecule has 0 aromatic heterocycles. The molecule has 0 aliphatic carbocycles. The summed E-state index contributed by atoms with van der Waals surface area (Å²) in [6.07, 6.45) is -1.05. The van der Waals surface area contributed by atoms with E-state index in [1.807, 2.05) is 0 Å². The van der Waals surface area contributed by atoms with Crippen LogP contribution in [0.4, 0.5) is 5.69 Å². The first-order valence-electron chi connectivity index (χ1n) is 4.37. The van der Waals surface area contributed by atoms with Crippen LogP contribution in [0.1, 0.15) is 6.92 Å². The molecule has 0 aliphatic heterocycles. The van der Waals surface area contributed by atoms with Gasteiger partial charge in [0.25, 0.3) is 5.91 Å². The van der Waals surface area contributed by atoms with E-state index in [2.05, 4.69) is 5.32 Å². The van der Waals surface area contributed by atoms with Gasteiger partial charge in [-0.15, -0.1) is 0 Å². The SMILES string of the molecule is COc1ccc(NC(=O)C(C)O)cc1Cl. The zero-order chi connectivity index (χ0) is 11.4. The first kappa shape index (κ1) is 11.8. The van der Waals surface area contributed by atoms with Crippen molar-refractivity contribution in [3.05, 3.63) is 23.2 Å². The number of hydrogen-bond acceptors (Lipinski definition) is 3. The molecule has 0 fully saturated rings. The fraction of sp³-hybridized carbons (Fsp3) is 0.300. The molecule has 0 saturated heterocycles. The van der Waals surface area contributed by atoms with Gasteiger partial charge in [-0.3, -0.25) is 4.79 Å². The van der Waals surface area contributed by atoms with Crippen molar-refractivity contribution in [3.63, 3.8) is 0 Å². The van der Waals surface area contributed by atoms with Gasteiger partial charge in [0.1, 0.15) is 11.9 Å². The molecule has 15 heavy (non-hydrogen) atoms. The number of carbonyl (C=O) groups excluding carboxylic acids is 1. The number of methoxy groups -OCH3 is 1. The van der Waals surface area contributed by atoms with Gasteiger partial charge in [-0.05, 0) is 25.1 Å². The van der Waals surface area contributed by atoms with E-state index in [-0.39, 0.29) is 0 Å². The van der Waals surface area contributed by atoms with Gasteiger partial charge in [-0.1, -0.05) is 11.6 Å². The standard InChI is InChI=1S/C10H12ClNO3/c1-6(13)10(14)12-7-3-4-9(15-2)8(11)5-7/h3-6,13H,1-2H3,(H,12,14). The third-order valence-corrected chi connectivity index (χ3v) is 2.09. The summed E-state index contributed by atoms with van der Waals surface area (Å²) in [7, 11) is 1.51. The molecule has 1 atom stereocenters. The number of aliphatic hydroxyl groups excluding tert-OH is 1. The number of nitrogens with one attached hydrogen (secondary N) is 1. The molecule has 1 aromatic carbocycles. The molecule has 0 heterocycles. The number of amides is 1. The molecule has 4 nitrogen and oxygen atoms in total. The summed E-state index contributed by atoms with van der Waals surface area (Å²) in [6.45, 7) is 1.39. The highest BCUT2D eigenvalue weighted by molar-refractivity contribution is 6.32. The van der Waals surface area contributed by atoms with Crippen LogP contribution in [0.15, 0.2) is 18.2 Å². The number of rotatable bonds is 3. The van der Waals surface area contributed by atoms with E-state index in [0.29, 0.717) is 16.5 Å². The van der Waals surface area contributed by atoms with Crippen LogP contribution in [0.5, 0.6) is 5.75 Å². The number of halogens is 1. The van der Waals surface area contributed by atoms with Crippen LogP contribution in [0, 0.1) is 0 Å². The summed E-state index contributed by atoms with van der Waals surface area (Å²) >= 11 is 5.85. The van der Waals surface area contributed by atoms with Crippen molar-refractivity contribution in [1.29, 1.82) is 0 Å². The van der Waals surface area contributed by atoms with E-state index in [9.17, 15) is 4.79 Å². The fourth-order valence-electron chi connectivity index (χ4n) is 0.991. The highest BCUT2D eigenvalue weighted by atomic mass is 35.5. The van der Waals surface area contributed by atoms with E-state index in [1.165, 1.54) is 14.0 Å². The Kier molecular flexibility index (Phi) is 3.94. The van der Waals surface area contributed by atoms with Crippen molar-refractivity contribution in [2.45, 2.75) is 13.0 Å². The number of hydrogen-bond donors (Lipinski definition) is 2. The molecule has 1 aromatic rings. The number of aliphatic hydroxyl groups is 1. The van der Waals surface area contributed by atoms with Crippen LogP contribution in [-0.2, 0) is 4.79 Å². The van der Waals surface area contributed by atoms with Gasteiger partial charge < -0.3 is 15.2 Å². The topological polar surface area (TPSA) is 58.6 Å². The van der Waals surface area contributed by atoms with E-state index < -0.39 is 12.0 Å². The smallest absolute Gasteiger partial charge is 0.252 e. The van der Waals surface area contributed by atoms with Crippen molar-refractivity contribution in [2.24, 2.45) is 0 Å². The summed E-state index contributed by atoms with van der Waals surface area (Å²) in [5, 5.41) is 11.9. The zero-order valence-electron chi connectivity index (χ0n) is 8.45. The highest BCUT2D eigenvalue weighted by Crippen LogP contribution is 2.27. The Labute approximate surface area is 92.8 Å². The predicted molar refractivity (Wildman–Crippen MR) is 58.3 cm³/mol. The van der Waals surface area contributed by atoms with Crippen molar-refractivity contribution < 1.29 is 14.6 Å². The second kappa shape index (κ2) is 5.00. The second-order valence-corrected chi connectivity index (χ2v) is 3.42. The molecule has 82 valence electrons. The number of carbonyl (C=O) groups is 1. The largest absolute Gasteiger partial charge is 0.495 e. The van der Waals surface area contributed by atoms with E-state index in [1.54, 1.807) is 18.2 Å². The highest BCUT2D eigenvalue weighted by Gasteiger charge is 2.09. The first-order chi connectivity index (χ1) is 7.04. The Hall–Kier alpha value is -1.26. The van der Waals surface area contributed by atoms with Crippen LogP contribution in [0.2, 0.25) is 5.02 Å². The minimum Gasteiger partial charge on any atom is -0.495 e. The van der Waals surface area contributed by atoms with Gasteiger partial charge >= 0.3 is 0 Å². The summed E-state index contributed by atoms with van der Waals surface area (Å²) in [4.78, 5) is 11.1. The van der Waals surface area contributed by atoms with Crippen molar-refractivity contribution in [1.82, 2.24) is 0 Å². The van der Waals surface area contributed by atoms with Crippen molar-refractivity contribution in [3.8, 4) is 5.75 Å². The lowest BCUT2D eigenvalue weighted by Crippen LogP contribution is -2.24. The Morgan fingerprint density at radius 3 is 2.73 bits per heavy atom. The van der Waals surface area contributed by atoms with E-state index in [0.717, 1.165) is 0 Å². The monoisotopic (exact) mass is 229 g/mol. The molecule has 0 spiro atoms. The molecule has 1 rings (SSSR count). The quantitative estimate of drug-likeness (QED) is 0.829. The molecule has 1 amide bonds. The Morgan fingerprint density at radius 2 is 2.27 bits per heavy atom. The molecule has 0 aliphatic rings. The zero-order valence-corrected chi connectivity index (χ0v) is 9.21. The average Bonchev–Trinajstić information content (AvgIpc) is 2.18. The van der Waals surface area contributed by atoms with Crippen molar-refractivity contribution in [2.75, 3.05) is 12.4 Å². The van der Waals surface area contributed by atoms with Crippen LogP contribution in [-0.4, -0.2) is 24.2 Å². The summed E-state index contributed by atoms with van der Waals surface area (Å²) in [6, 6.07) is 4.84. The number of ether oxygens (including phenoxy) is 1. The maximum absolute atomic E-state index is 11.1. The fourth-order valence-corrected chi connectivity index (χ4v) is 1.25. The van der Waals surface area contributed by atoms with Crippen LogP contribution in [0.25, 0.3) is 0 Å². The Balaban J connectivity index is 2.80. The van der Waals surface area contributed by atoms with Crippen LogP contribution in [0.3, 0.4) is 0 Å². The lowest BCUT2D eigenvalue weighted by molar-refractivity contribution is -0.123. The summed E-state index contributed by atoms with van der Waals surface area (Å²) in [5.41, 5.74) is 0.520. The molecule has 0 radical (unpaired) electrons. The third kappa shape index (κ3) is 3.11. The minimum absolute atomic E-state index is 0.404. The normalized spacial score (nSPS) is 12.0. The van der Waals surface area contributed by atoms with Crippen LogP contribution < -0.4 is 10.1 Å². The van der Waals surface area contributed by atoms with Gasteiger partial charge in [0.15, 0.2) is 0 Å². The maximum atomic E-state index is 11.1. The minimum atomic E-state index is -1.05. The number of anilines is 1. The molecule has 0 bridgehead atoms. The Morgan fingerprint density at radius 1 is 1.60 bits per heavy atom. The van der Waals surface area contributed by atoms with Crippen LogP contribution >= 0.6 is 11.6 Å². The Bertz CT molecular complexity index is 366. The third-order valence-electron chi connectivity index (χ3n) is 1.80. The maximum Gasteiger partial charge on any atom is 0.252 e. The van der Waals surface area contributed by atoms with Gasteiger partial charge in [0.05, 0.1) is 12.1 Å². The second-order valence-electron chi connectivity index (χ2n) is 3.01. The number of benzene rings is 1. The summed E-state index contributed by atoms with van der Waals surface area (Å²) in [5.74, 6) is 0.0583.